The van der Waals surface area contributed by atoms with Crippen molar-refractivity contribution in [2.45, 2.75) is 19.0 Å². The van der Waals surface area contributed by atoms with E-state index < -0.39 is 0 Å². The average molecular weight is 300 g/mol. The number of imidazole rings is 1. The standard InChI is InChI=1S/C17H24N4O/c1-14(17-18-7-8-19-17)20-13-16(15-5-3-2-4-6-15)21-9-11-22-12-10-21/h2-8,14,16,20H,9-13H2,1H3,(H,18,19). The van der Waals surface area contributed by atoms with E-state index in [1.165, 1.54) is 5.56 Å². The molecular formula is C17H24N4O. The Morgan fingerprint density at radius 1 is 1.27 bits per heavy atom. The van der Waals surface area contributed by atoms with Gasteiger partial charge in [0.25, 0.3) is 0 Å². The normalized spacial score (nSPS) is 19.0. The van der Waals surface area contributed by atoms with Crippen molar-refractivity contribution in [1.29, 1.82) is 0 Å². The number of morpholine rings is 1. The highest BCUT2D eigenvalue weighted by molar-refractivity contribution is 5.19. The van der Waals surface area contributed by atoms with Gasteiger partial charge in [0.05, 0.1) is 19.3 Å². The molecule has 2 N–H and O–H groups in total. The van der Waals surface area contributed by atoms with Gasteiger partial charge < -0.3 is 15.0 Å². The maximum absolute atomic E-state index is 5.49. The number of hydrogen-bond acceptors (Lipinski definition) is 4. The first kappa shape index (κ1) is 15.2. The first-order valence-corrected chi connectivity index (χ1v) is 7.94. The van der Waals surface area contributed by atoms with Crippen LogP contribution in [0.3, 0.4) is 0 Å². The second kappa shape index (κ2) is 7.54. The Labute approximate surface area is 131 Å². The molecule has 0 bridgehead atoms. The summed E-state index contributed by atoms with van der Waals surface area (Å²) in [5, 5.41) is 3.60. The highest BCUT2D eigenvalue weighted by Gasteiger charge is 2.23. The molecule has 2 aromatic rings. The van der Waals surface area contributed by atoms with Gasteiger partial charge in [0.1, 0.15) is 5.82 Å². The molecule has 1 aliphatic heterocycles. The van der Waals surface area contributed by atoms with Gasteiger partial charge in [-0.3, -0.25) is 4.90 Å². The highest BCUT2D eigenvalue weighted by atomic mass is 16.5. The van der Waals surface area contributed by atoms with Crippen LogP contribution in [0.25, 0.3) is 0 Å². The van der Waals surface area contributed by atoms with E-state index >= 15 is 0 Å². The molecule has 1 aromatic heterocycles. The summed E-state index contributed by atoms with van der Waals surface area (Å²) in [5.41, 5.74) is 1.35. The Kier molecular flexibility index (Phi) is 5.21. The fourth-order valence-corrected chi connectivity index (χ4v) is 2.92. The molecule has 5 heteroatoms. The van der Waals surface area contributed by atoms with Crippen molar-refractivity contribution in [3.8, 4) is 0 Å². The number of ether oxygens (including phenoxy) is 1. The number of aromatic amines is 1. The summed E-state index contributed by atoms with van der Waals surface area (Å²) >= 11 is 0. The fraction of sp³-hybridized carbons (Fsp3) is 0.471. The van der Waals surface area contributed by atoms with Gasteiger partial charge in [-0.25, -0.2) is 4.98 Å². The van der Waals surface area contributed by atoms with Crippen LogP contribution in [0.1, 0.15) is 30.4 Å². The molecule has 1 aliphatic rings. The van der Waals surface area contributed by atoms with E-state index in [0.29, 0.717) is 6.04 Å². The summed E-state index contributed by atoms with van der Waals surface area (Å²) in [6.45, 7) is 6.63. The molecule has 0 amide bonds. The van der Waals surface area contributed by atoms with Crippen LogP contribution in [-0.4, -0.2) is 47.7 Å². The third kappa shape index (κ3) is 3.74. The van der Waals surface area contributed by atoms with E-state index in [4.69, 9.17) is 4.74 Å². The minimum Gasteiger partial charge on any atom is -0.379 e. The fourth-order valence-electron chi connectivity index (χ4n) is 2.92. The molecule has 0 radical (unpaired) electrons. The Balaban J connectivity index is 1.68. The lowest BCUT2D eigenvalue weighted by Crippen LogP contribution is -2.43. The summed E-state index contributed by atoms with van der Waals surface area (Å²) in [6, 6.07) is 11.3. The molecule has 0 aliphatic carbocycles. The van der Waals surface area contributed by atoms with Crippen LogP contribution < -0.4 is 5.32 Å². The van der Waals surface area contributed by atoms with Gasteiger partial charge in [-0.05, 0) is 12.5 Å². The quantitative estimate of drug-likeness (QED) is 0.858. The SMILES string of the molecule is CC(NCC(c1ccccc1)N1CCOCC1)c1ncc[nH]1. The third-order valence-corrected chi connectivity index (χ3v) is 4.22. The van der Waals surface area contributed by atoms with Crippen LogP contribution in [0.5, 0.6) is 0 Å². The maximum Gasteiger partial charge on any atom is 0.122 e. The second-order valence-corrected chi connectivity index (χ2v) is 5.68. The molecular weight excluding hydrogens is 276 g/mol. The van der Waals surface area contributed by atoms with Crippen LogP contribution >= 0.6 is 0 Å². The van der Waals surface area contributed by atoms with Gasteiger partial charge >= 0.3 is 0 Å². The largest absolute Gasteiger partial charge is 0.379 e. The van der Waals surface area contributed by atoms with Gasteiger partial charge in [0, 0.05) is 38.1 Å². The second-order valence-electron chi connectivity index (χ2n) is 5.68. The predicted molar refractivity (Wildman–Crippen MR) is 86.6 cm³/mol. The molecule has 1 fully saturated rings. The van der Waals surface area contributed by atoms with E-state index in [9.17, 15) is 0 Å². The first-order chi connectivity index (χ1) is 10.8. The molecule has 1 aromatic carbocycles. The van der Waals surface area contributed by atoms with Gasteiger partial charge in [-0.2, -0.15) is 0 Å². The first-order valence-electron chi connectivity index (χ1n) is 7.94. The van der Waals surface area contributed by atoms with Crippen LogP contribution in [0.15, 0.2) is 42.7 Å². The minimum atomic E-state index is 0.210. The highest BCUT2D eigenvalue weighted by Crippen LogP contribution is 2.22. The van der Waals surface area contributed by atoms with E-state index in [1.54, 1.807) is 6.20 Å². The topological polar surface area (TPSA) is 53.2 Å². The molecule has 2 atom stereocenters. The van der Waals surface area contributed by atoms with Gasteiger partial charge in [-0.1, -0.05) is 30.3 Å². The number of nitrogens with one attached hydrogen (secondary N) is 2. The monoisotopic (exact) mass is 300 g/mol. The minimum absolute atomic E-state index is 0.210. The van der Waals surface area contributed by atoms with Crippen molar-refractivity contribution >= 4 is 0 Å². The molecule has 1 saturated heterocycles. The summed E-state index contributed by atoms with van der Waals surface area (Å²) in [4.78, 5) is 10.0. The zero-order valence-corrected chi connectivity index (χ0v) is 13.0. The van der Waals surface area contributed by atoms with Crippen molar-refractivity contribution in [2.24, 2.45) is 0 Å². The molecule has 2 unspecified atom stereocenters. The van der Waals surface area contributed by atoms with Crippen LogP contribution in [-0.2, 0) is 4.74 Å². The van der Waals surface area contributed by atoms with Crippen LogP contribution in [0, 0.1) is 0 Å². The van der Waals surface area contributed by atoms with Crippen molar-refractivity contribution in [1.82, 2.24) is 20.2 Å². The Bertz CT molecular complexity index is 537. The van der Waals surface area contributed by atoms with Crippen molar-refractivity contribution < 1.29 is 4.74 Å². The average Bonchev–Trinajstić information content (AvgIpc) is 3.11. The maximum atomic E-state index is 5.49. The summed E-state index contributed by atoms with van der Waals surface area (Å²) in [7, 11) is 0. The third-order valence-electron chi connectivity index (χ3n) is 4.22. The molecule has 2 heterocycles. The van der Waals surface area contributed by atoms with Gasteiger partial charge in [-0.15, -0.1) is 0 Å². The van der Waals surface area contributed by atoms with E-state index in [2.05, 4.69) is 57.4 Å². The lowest BCUT2D eigenvalue weighted by molar-refractivity contribution is 0.0157. The number of hydrogen-bond donors (Lipinski definition) is 2. The number of benzene rings is 1. The number of aromatic nitrogens is 2. The Hall–Kier alpha value is -1.69. The lowest BCUT2D eigenvalue weighted by Gasteiger charge is -2.35. The van der Waals surface area contributed by atoms with E-state index in [0.717, 1.165) is 38.7 Å². The molecule has 22 heavy (non-hydrogen) atoms. The molecule has 0 saturated carbocycles. The van der Waals surface area contributed by atoms with Crippen molar-refractivity contribution in [3.05, 3.63) is 54.1 Å². The molecule has 5 nitrogen and oxygen atoms in total. The number of H-pyrrole nitrogens is 1. The lowest BCUT2D eigenvalue weighted by atomic mass is 10.0. The summed E-state index contributed by atoms with van der Waals surface area (Å²) in [5.74, 6) is 0.980. The van der Waals surface area contributed by atoms with Crippen LogP contribution in [0.4, 0.5) is 0 Å². The predicted octanol–water partition coefficient (Wildman–Crippen LogP) is 2.13. The van der Waals surface area contributed by atoms with Crippen LogP contribution in [0.2, 0.25) is 0 Å². The summed E-state index contributed by atoms with van der Waals surface area (Å²) in [6.07, 6.45) is 3.66. The van der Waals surface area contributed by atoms with Gasteiger partial charge in [0.15, 0.2) is 0 Å². The van der Waals surface area contributed by atoms with Gasteiger partial charge in [0.2, 0.25) is 0 Å². The molecule has 118 valence electrons. The van der Waals surface area contributed by atoms with E-state index in [-0.39, 0.29) is 6.04 Å². The summed E-state index contributed by atoms with van der Waals surface area (Å²) < 4.78 is 5.49. The number of rotatable bonds is 6. The molecule has 0 spiro atoms. The van der Waals surface area contributed by atoms with Crippen molar-refractivity contribution in [3.63, 3.8) is 0 Å². The zero-order chi connectivity index (χ0) is 15.2. The Morgan fingerprint density at radius 3 is 2.73 bits per heavy atom. The zero-order valence-electron chi connectivity index (χ0n) is 13.0. The van der Waals surface area contributed by atoms with E-state index in [1.807, 2.05) is 6.20 Å². The smallest absolute Gasteiger partial charge is 0.122 e. The Morgan fingerprint density at radius 2 is 2.05 bits per heavy atom. The van der Waals surface area contributed by atoms with Crippen molar-refractivity contribution in [2.75, 3.05) is 32.8 Å². The number of nitrogens with zero attached hydrogens (tertiary/aromatic N) is 2. The molecule has 3 rings (SSSR count).